The first-order valence-corrected chi connectivity index (χ1v) is 12.4. The number of nitrogens with one attached hydrogen (secondary N) is 1. The monoisotopic (exact) mass is 472 g/mol. The van der Waals surface area contributed by atoms with Crippen LogP contribution in [0.4, 0.5) is 5.00 Å². The molecule has 0 spiro atoms. The number of hydrogen-bond acceptors (Lipinski definition) is 6. The van der Waals surface area contributed by atoms with Crippen LogP contribution in [0.25, 0.3) is 0 Å². The number of nitrogens with zero attached hydrogens (tertiary/aromatic N) is 1. The Morgan fingerprint density at radius 1 is 1.00 bits per heavy atom. The Bertz CT molecular complexity index is 1170. The molecule has 0 aliphatic heterocycles. The van der Waals surface area contributed by atoms with Crippen LogP contribution < -0.4 is 5.32 Å². The van der Waals surface area contributed by atoms with Gasteiger partial charge in [-0.2, -0.15) is 4.31 Å². The number of benzene rings is 2. The molecule has 32 heavy (non-hydrogen) atoms. The first-order valence-electron chi connectivity index (χ1n) is 10.1. The topological polar surface area (TPSA) is 92.8 Å². The zero-order chi connectivity index (χ0) is 23.1. The lowest BCUT2D eigenvalue weighted by Crippen LogP contribution is -2.30. The first kappa shape index (κ1) is 23.6. The molecule has 3 aromatic rings. The summed E-state index contributed by atoms with van der Waals surface area (Å²) in [4.78, 5) is 24.7. The summed E-state index contributed by atoms with van der Waals surface area (Å²) in [5.74, 6) is -0.956. The van der Waals surface area contributed by atoms with E-state index in [1.54, 1.807) is 25.3 Å². The maximum atomic E-state index is 13.1. The fourth-order valence-electron chi connectivity index (χ4n) is 3.03. The minimum absolute atomic E-state index is 0.107. The maximum absolute atomic E-state index is 13.1. The Balaban J connectivity index is 1.74. The minimum Gasteiger partial charge on any atom is -0.462 e. The van der Waals surface area contributed by atoms with Crippen LogP contribution >= 0.6 is 11.3 Å². The summed E-state index contributed by atoms with van der Waals surface area (Å²) in [6.07, 6.45) is 0. The lowest BCUT2D eigenvalue weighted by atomic mass is 10.2. The zero-order valence-corrected chi connectivity index (χ0v) is 19.4. The minimum atomic E-state index is -3.72. The molecule has 0 aliphatic carbocycles. The Kier molecular flexibility index (Phi) is 7.79. The standard InChI is InChI=1S/C23H24N2O5S2/c1-3-25(16-17-8-6-5-7-9-17)32(28,29)19-12-10-18(11-13-19)21(26)24-22-20(14-15-31-22)23(27)30-4-2/h5-15H,3-4,16H2,1-2H3,(H,24,26). The molecule has 1 aromatic heterocycles. The third-order valence-electron chi connectivity index (χ3n) is 4.70. The van der Waals surface area contributed by atoms with Crippen LogP contribution in [0, 0.1) is 0 Å². The molecule has 0 saturated carbocycles. The molecule has 0 unspecified atom stereocenters. The fraction of sp³-hybridized carbons (Fsp3) is 0.217. The van der Waals surface area contributed by atoms with Gasteiger partial charge >= 0.3 is 5.97 Å². The van der Waals surface area contributed by atoms with E-state index in [1.807, 2.05) is 30.3 Å². The van der Waals surface area contributed by atoms with Gasteiger partial charge in [-0.3, -0.25) is 4.79 Å². The van der Waals surface area contributed by atoms with Crippen molar-refractivity contribution in [3.05, 3.63) is 82.7 Å². The lowest BCUT2D eigenvalue weighted by molar-refractivity contribution is 0.0528. The average molecular weight is 473 g/mol. The smallest absolute Gasteiger partial charge is 0.341 e. The lowest BCUT2D eigenvalue weighted by Gasteiger charge is -2.20. The second-order valence-corrected chi connectivity index (χ2v) is 9.63. The van der Waals surface area contributed by atoms with Crippen molar-refractivity contribution in [1.82, 2.24) is 4.31 Å². The highest BCUT2D eigenvalue weighted by molar-refractivity contribution is 7.89. The number of carbonyl (C=O) groups excluding carboxylic acids is 2. The van der Waals surface area contributed by atoms with Crippen molar-refractivity contribution < 1.29 is 22.7 Å². The van der Waals surface area contributed by atoms with Crippen LogP contribution in [0.2, 0.25) is 0 Å². The van der Waals surface area contributed by atoms with Crippen molar-refractivity contribution in [1.29, 1.82) is 0 Å². The Morgan fingerprint density at radius 3 is 2.31 bits per heavy atom. The molecule has 1 N–H and O–H groups in total. The number of amides is 1. The molecule has 0 bridgehead atoms. The number of sulfonamides is 1. The van der Waals surface area contributed by atoms with E-state index in [9.17, 15) is 18.0 Å². The number of rotatable bonds is 9. The van der Waals surface area contributed by atoms with Crippen molar-refractivity contribution in [2.24, 2.45) is 0 Å². The summed E-state index contributed by atoms with van der Waals surface area (Å²) in [5, 5.41) is 4.75. The molecular weight excluding hydrogens is 448 g/mol. The molecule has 9 heteroatoms. The molecule has 1 heterocycles. The van der Waals surface area contributed by atoms with E-state index < -0.39 is 21.9 Å². The Morgan fingerprint density at radius 2 is 1.69 bits per heavy atom. The van der Waals surface area contributed by atoms with Crippen molar-refractivity contribution in [2.75, 3.05) is 18.5 Å². The second-order valence-electron chi connectivity index (χ2n) is 6.78. The van der Waals surface area contributed by atoms with Gasteiger partial charge in [-0.15, -0.1) is 11.3 Å². The van der Waals surface area contributed by atoms with Crippen LogP contribution in [0.5, 0.6) is 0 Å². The van der Waals surface area contributed by atoms with Crippen LogP contribution in [0.3, 0.4) is 0 Å². The second kappa shape index (κ2) is 10.5. The van der Waals surface area contributed by atoms with Crippen molar-refractivity contribution in [3.8, 4) is 0 Å². The molecule has 0 fully saturated rings. The summed E-state index contributed by atoms with van der Waals surface area (Å²) >= 11 is 1.21. The van der Waals surface area contributed by atoms with Crippen LogP contribution in [-0.4, -0.2) is 37.8 Å². The van der Waals surface area contributed by atoms with Gasteiger partial charge in [0.15, 0.2) is 0 Å². The van der Waals surface area contributed by atoms with E-state index in [0.29, 0.717) is 11.5 Å². The molecule has 3 rings (SSSR count). The van der Waals surface area contributed by atoms with E-state index in [4.69, 9.17) is 4.74 Å². The SMILES string of the molecule is CCOC(=O)c1ccsc1NC(=O)c1ccc(S(=O)(=O)N(CC)Cc2ccccc2)cc1. The van der Waals surface area contributed by atoms with E-state index in [-0.39, 0.29) is 29.2 Å². The van der Waals surface area contributed by atoms with Gasteiger partial charge in [0.2, 0.25) is 10.0 Å². The van der Waals surface area contributed by atoms with Gasteiger partial charge in [-0.05, 0) is 48.2 Å². The van der Waals surface area contributed by atoms with E-state index in [1.165, 1.54) is 39.9 Å². The molecule has 1 amide bonds. The summed E-state index contributed by atoms with van der Waals surface area (Å²) in [6, 6.07) is 16.7. The van der Waals surface area contributed by atoms with Gasteiger partial charge in [0.1, 0.15) is 5.00 Å². The van der Waals surface area contributed by atoms with Crippen molar-refractivity contribution >= 4 is 38.2 Å². The molecule has 0 radical (unpaired) electrons. The Labute approximate surface area is 191 Å². The van der Waals surface area contributed by atoms with Gasteiger partial charge < -0.3 is 10.1 Å². The van der Waals surface area contributed by atoms with Gasteiger partial charge in [0, 0.05) is 18.7 Å². The first-order chi connectivity index (χ1) is 15.4. The molecular formula is C23H24N2O5S2. The van der Waals surface area contributed by atoms with Gasteiger partial charge in [0.05, 0.1) is 17.1 Å². The Hall–Kier alpha value is -3.01. The highest BCUT2D eigenvalue weighted by Crippen LogP contribution is 2.25. The predicted molar refractivity (Wildman–Crippen MR) is 124 cm³/mol. The molecule has 168 valence electrons. The van der Waals surface area contributed by atoms with Crippen LogP contribution in [0.1, 0.15) is 40.1 Å². The largest absolute Gasteiger partial charge is 0.462 e. The fourth-order valence-corrected chi connectivity index (χ4v) is 5.24. The molecule has 0 saturated heterocycles. The molecule has 0 aliphatic rings. The summed E-state index contributed by atoms with van der Waals surface area (Å²) in [6.45, 7) is 4.30. The van der Waals surface area contributed by atoms with E-state index >= 15 is 0 Å². The number of hydrogen-bond donors (Lipinski definition) is 1. The summed E-state index contributed by atoms with van der Waals surface area (Å²) in [7, 11) is -3.72. The van der Waals surface area contributed by atoms with Gasteiger partial charge in [0.25, 0.3) is 5.91 Å². The number of anilines is 1. The van der Waals surface area contributed by atoms with E-state index in [0.717, 1.165) is 5.56 Å². The van der Waals surface area contributed by atoms with Gasteiger partial charge in [-0.25, -0.2) is 13.2 Å². The summed E-state index contributed by atoms with van der Waals surface area (Å²) < 4.78 is 32.5. The predicted octanol–water partition coefficient (Wildman–Crippen LogP) is 4.39. The highest BCUT2D eigenvalue weighted by Gasteiger charge is 2.24. The van der Waals surface area contributed by atoms with Crippen molar-refractivity contribution in [3.63, 3.8) is 0 Å². The average Bonchev–Trinajstić information content (AvgIpc) is 3.26. The molecule has 7 nitrogen and oxygen atoms in total. The van der Waals surface area contributed by atoms with Crippen LogP contribution in [-0.2, 0) is 21.3 Å². The number of carbonyl (C=O) groups is 2. The summed E-state index contributed by atoms with van der Waals surface area (Å²) in [5.41, 5.74) is 1.45. The van der Waals surface area contributed by atoms with Gasteiger partial charge in [-0.1, -0.05) is 37.3 Å². The number of esters is 1. The zero-order valence-electron chi connectivity index (χ0n) is 17.8. The normalized spacial score (nSPS) is 11.3. The van der Waals surface area contributed by atoms with E-state index in [2.05, 4.69) is 5.32 Å². The molecule has 2 aromatic carbocycles. The number of ether oxygens (including phenoxy) is 1. The van der Waals surface area contributed by atoms with Crippen LogP contribution in [0.15, 0.2) is 70.9 Å². The quantitative estimate of drug-likeness (QED) is 0.466. The third-order valence-corrected chi connectivity index (χ3v) is 7.46. The number of thiophene rings is 1. The van der Waals surface area contributed by atoms with Crippen molar-refractivity contribution in [2.45, 2.75) is 25.3 Å². The molecule has 0 atom stereocenters. The maximum Gasteiger partial charge on any atom is 0.341 e. The highest BCUT2D eigenvalue weighted by atomic mass is 32.2. The third kappa shape index (κ3) is 5.42.